The SMILES string of the molecule is Cc1nc(N)c(C(C)c2cccc(OCCCN3CCCC3)c2)c(-c2ccc3ncsc3c2)n1. The molecule has 0 saturated carbocycles. The minimum Gasteiger partial charge on any atom is -0.494 e. The average molecular weight is 474 g/mol. The number of rotatable bonds is 8. The van der Waals surface area contributed by atoms with Gasteiger partial charge < -0.3 is 15.4 Å². The average Bonchev–Trinajstić information content (AvgIpc) is 3.53. The molecule has 0 spiro atoms. The summed E-state index contributed by atoms with van der Waals surface area (Å²) in [5, 5.41) is 0. The summed E-state index contributed by atoms with van der Waals surface area (Å²) in [5.74, 6) is 2.10. The number of ether oxygens (including phenoxy) is 1. The molecule has 34 heavy (non-hydrogen) atoms. The molecule has 1 aliphatic rings. The Morgan fingerprint density at radius 1 is 1.12 bits per heavy atom. The van der Waals surface area contributed by atoms with Crippen LogP contribution in [0.4, 0.5) is 5.82 Å². The first-order valence-electron chi connectivity index (χ1n) is 12.0. The van der Waals surface area contributed by atoms with Crippen LogP contribution in [0.2, 0.25) is 0 Å². The van der Waals surface area contributed by atoms with E-state index < -0.39 is 0 Å². The van der Waals surface area contributed by atoms with Gasteiger partial charge >= 0.3 is 0 Å². The van der Waals surface area contributed by atoms with Crippen molar-refractivity contribution >= 4 is 27.4 Å². The fraction of sp³-hybridized carbons (Fsp3) is 0.370. The number of nitrogens with zero attached hydrogens (tertiary/aromatic N) is 4. The van der Waals surface area contributed by atoms with Crippen LogP contribution in [0, 0.1) is 6.92 Å². The first-order chi connectivity index (χ1) is 16.6. The van der Waals surface area contributed by atoms with Gasteiger partial charge in [-0.2, -0.15) is 0 Å². The normalized spacial score (nSPS) is 15.1. The van der Waals surface area contributed by atoms with Crippen molar-refractivity contribution in [3.63, 3.8) is 0 Å². The standard InChI is InChI=1S/C27H31N5OS/c1-18(20-7-5-8-22(15-20)33-14-6-13-32-11-3-4-12-32)25-26(30-19(2)31-27(25)28)21-9-10-23-24(16-21)34-17-29-23/h5,7-10,15-18H,3-4,6,11-14H2,1-2H3,(H2,28,30,31). The fourth-order valence-electron chi connectivity index (χ4n) is 4.78. The van der Waals surface area contributed by atoms with Gasteiger partial charge in [0.25, 0.3) is 0 Å². The van der Waals surface area contributed by atoms with Crippen LogP contribution < -0.4 is 10.5 Å². The maximum Gasteiger partial charge on any atom is 0.131 e. The van der Waals surface area contributed by atoms with E-state index in [0.29, 0.717) is 11.6 Å². The number of likely N-dealkylation sites (tertiary alicyclic amines) is 1. The van der Waals surface area contributed by atoms with Crippen LogP contribution in [-0.4, -0.2) is 46.1 Å². The van der Waals surface area contributed by atoms with Crippen molar-refractivity contribution in [2.24, 2.45) is 0 Å². The second kappa shape index (κ2) is 10.1. The van der Waals surface area contributed by atoms with Gasteiger partial charge in [-0.25, -0.2) is 15.0 Å². The summed E-state index contributed by atoms with van der Waals surface area (Å²) in [6, 6.07) is 14.6. The molecule has 176 valence electrons. The van der Waals surface area contributed by atoms with Gasteiger partial charge in [0.2, 0.25) is 0 Å². The van der Waals surface area contributed by atoms with Gasteiger partial charge in [0.1, 0.15) is 17.4 Å². The molecule has 2 aromatic carbocycles. The molecule has 1 fully saturated rings. The molecule has 0 radical (unpaired) electrons. The Hall–Kier alpha value is -3.03. The number of benzene rings is 2. The Morgan fingerprint density at radius 3 is 2.82 bits per heavy atom. The molecule has 2 N–H and O–H groups in total. The minimum absolute atomic E-state index is 0.0147. The molecule has 7 heteroatoms. The number of hydrogen-bond donors (Lipinski definition) is 1. The van der Waals surface area contributed by atoms with Gasteiger partial charge in [0.15, 0.2) is 0 Å². The predicted molar refractivity (Wildman–Crippen MR) is 140 cm³/mol. The summed E-state index contributed by atoms with van der Waals surface area (Å²) in [7, 11) is 0. The molecule has 0 amide bonds. The van der Waals surface area contributed by atoms with E-state index in [4.69, 9.17) is 15.5 Å². The summed E-state index contributed by atoms with van der Waals surface area (Å²) < 4.78 is 7.24. The maximum absolute atomic E-state index is 6.49. The zero-order valence-electron chi connectivity index (χ0n) is 19.8. The first-order valence-corrected chi connectivity index (χ1v) is 12.9. The highest BCUT2D eigenvalue weighted by molar-refractivity contribution is 7.16. The van der Waals surface area contributed by atoms with Gasteiger partial charge in [-0.1, -0.05) is 25.1 Å². The highest BCUT2D eigenvalue weighted by atomic mass is 32.1. The number of hydrogen-bond acceptors (Lipinski definition) is 7. The highest BCUT2D eigenvalue weighted by Crippen LogP contribution is 2.37. The van der Waals surface area contributed by atoms with Crippen molar-refractivity contribution in [1.82, 2.24) is 19.9 Å². The smallest absolute Gasteiger partial charge is 0.131 e. The molecule has 0 bridgehead atoms. The van der Waals surface area contributed by atoms with E-state index in [0.717, 1.165) is 57.9 Å². The molecular weight excluding hydrogens is 442 g/mol. The van der Waals surface area contributed by atoms with Crippen LogP contribution in [0.15, 0.2) is 48.0 Å². The lowest BCUT2D eigenvalue weighted by molar-refractivity contribution is 0.263. The number of aryl methyl sites for hydroxylation is 1. The van der Waals surface area contributed by atoms with E-state index in [2.05, 4.69) is 52.1 Å². The lowest BCUT2D eigenvalue weighted by atomic mass is 9.90. The zero-order chi connectivity index (χ0) is 23.5. The summed E-state index contributed by atoms with van der Waals surface area (Å²) >= 11 is 1.63. The first kappa shape index (κ1) is 22.7. The zero-order valence-corrected chi connectivity index (χ0v) is 20.6. The molecule has 6 nitrogen and oxygen atoms in total. The molecule has 5 rings (SSSR count). The van der Waals surface area contributed by atoms with Gasteiger partial charge in [-0.05, 0) is 69.1 Å². The van der Waals surface area contributed by atoms with Crippen LogP contribution in [0.25, 0.3) is 21.5 Å². The predicted octanol–water partition coefficient (Wildman–Crippen LogP) is 5.66. The number of thiazole rings is 1. The third-order valence-corrected chi connectivity index (χ3v) is 7.36. The second-order valence-corrected chi connectivity index (χ2v) is 9.88. The van der Waals surface area contributed by atoms with E-state index in [-0.39, 0.29) is 5.92 Å². The third kappa shape index (κ3) is 4.91. The number of nitrogen functional groups attached to an aromatic ring is 1. The second-order valence-electron chi connectivity index (χ2n) is 9.00. The lowest BCUT2D eigenvalue weighted by Crippen LogP contribution is -2.21. The van der Waals surface area contributed by atoms with Crippen molar-refractivity contribution in [2.75, 3.05) is 32.0 Å². The van der Waals surface area contributed by atoms with E-state index >= 15 is 0 Å². The molecule has 1 aliphatic heterocycles. The van der Waals surface area contributed by atoms with Crippen LogP contribution in [0.3, 0.4) is 0 Å². The van der Waals surface area contributed by atoms with Crippen LogP contribution in [-0.2, 0) is 0 Å². The van der Waals surface area contributed by atoms with Gasteiger partial charge in [0.05, 0.1) is 28.0 Å². The highest BCUT2D eigenvalue weighted by Gasteiger charge is 2.21. The number of anilines is 1. The third-order valence-electron chi connectivity index (χ3n) is 6.57. The van der Waals surface area contributed by atoms with Crippen molar-refractivity contribution in [3.05, 3.63) is 64.9 Å². The Morgan fingerprint density at radius 2 is 1.97 bits per heavy atom. The molecule has 1 saturated heterocycles. The van der Waals surface area contributed by atoms with Crippen LogP contribution >= 0.6 is 11.3 Å². The maximum atomic E-state index is 6.49. The topological polar surface area (TPSA) is 77.2 Å². The van der Waals surface area contributed by atoms with Crippen LogP contribution in [0.1, 0.15) is 49.1 Å². The molecule has 2 aromatic heterocycles. The Balaban J connectivity index is 1.38. The Kier molecular flexibility index (Phi) is 6.74. The largest absolute Gasteiger partial charge is 0.494 e. The summed E-state index contributed by atoms with van der Waals surface area (Å²) in [6.45, 7) is 8.34. The monoisotopic (exact) mass is 473 g/mol. The van der Waals surface area contributed by atoms with Gasteiger partial charge in [-0.3, -0.25) is 0 Å². The van der Waals surface area contributed by atoms with E-state index in [1.54, 1.807) is 11.3 Å². The summed E-state index contributed by atoms with van der Waals surface area (Å²) in [4.78, 5) is 16.2. The van der Waals surface area contributed by atoms with E-state index in [1.807, 2.05) is 24.6 Å². The molecule has 1 unspecified atom stereocenters. The molecule has 3 heterocycles. The Bertz CT molecular complexity index is 1280. The molecule has 0 aliphatic carbocycles. The van der Waals surface area contributed by atoms with Crippen LogP contribution in [0.5, 0.6) is 5.75 Å². The van der Waals surface area contributed by atoms with E-state index in [9.17, 15) is 0 Å². The van der Waals surface area contributed by atoms with Gasteiger partial charge in [-0.15, -0.1) is 11.3 Å². The lowest BCUT2D eigenvalue weighted by Gasteiger charge is -2.20. The van der Waals surface area contributed by atoms with Crippen molar-refractivity contribution < 1.29 is 4.74 Å². The number of aromatic nitrogens is 3. The number of fused-ring (bicyclic) bond motifs is 1. The molecule has 1 atom stereocenters. The van der Waals surface area contributed by atoms with Crippen molar-refractivity contribution in [1.29, 1.82) is 0 Å². The van der Waals surface area contributed by atoms with Crippen molar-refractivity contribution in [2.45, 2.75) is 39.0 Å². The summed E-state index contributed by atoms with van der Waals surface area (Å²) in [6.07, 6.45) is 3.70. The molecular formula is C27H31N5OS. The van der Waals surface area contributed by atoms with Crippen molar-refractivity contribution in [3.8, 4) is 17.0 Å². The molecule has 4 aromatic rings. The summed E-state index contributed by atoms with van der Waals surface area (Å²) in [5.41, 5.74) is 13.3. The van der Waals surface area contributed by atoms with E-state index in [1.165, 1.54) is 25.9 Å². The minimum atomic E-state index is 0.0147. The Labute approximate surface area is 204 Å². The van der Waals surface area contributed by atoms with Gasteiger partial charge in [0, 0.05) is 23.6 Å². The number of nitrogens with two attached hydrogens (primary N) is 1. The fourth-order valence-corrected chi connectivity index (χ4v) is 5.49. The quantitative estimate of drug-likeness (QED) is 0.333.